The molecule has 1 unspecified atom stereocenters. The minimum atomic E-state index is -3.52. The lowest BCUT2D eigenvalue weighted by Gasteiger charge is -2.25. The smallest absolute Gasteiger partial charge is 0.211 e. The molecule has 0 aromatic rings. The van der Waals surface area contributed by atoms with Crippen LogP contribution < -0.4 is 5.14 Å². The first-order valence-electron chi connectivity index (χ1n) is 4.67. The van der Waals surface area contributed by atoms with Crippen molar-refractivity contribution in [1.29, 1.82) is 0 Å². The molecule has 13 heavy (non-hydrogen) atoms. The molecular weight excluding hydrogens is 190 g/mol. The molecule has 0 aliphatic heterocycles. The van der Waals surface area contributed by atoms with Crippen molar-refractivity contribution >= 4 is 10.0 Å². The molecule has 1 aliphatic rings. The van der Waals surface area contributed by atoms with Gasteiger partial charge in [0.25, 0.3) is 0 Å². The molecule has 78 valence electrons. The van der Waals surface area contributed by atoms with Crippen molar-refractivity contribution in [3.8, 4) is 0 Å². The van der Waals surface area contributed by atoms with Crippen LogP contribution in [0.1, 0.15) is 32.1 Å². The van der Waals surface area contributed by atoms with Gasteiger partial charge in [-0.2, -0.15) is 0 Å². The predicted molar refractivity (Wildman–Crippen MR) is 50.6 cm³/mol. The summed E-state index contributed by atoms with van der Waals surface area (Å²) in [4.78, 5) is 0. The van der Waals surface area contributed by atoms with Gasteiger partial charge >= 0.3 is 0 Å². The van der Waals surface area contributed by atoms with Gasteiger partial charge in [-0.15, -0.1) is 0 Å². The van der Waals surface area contributed by atoms with Crippen LogP contribution in [0.15, 0.2) is 0 Å². The lowest BCUT2D eigenvalue weighted by atomic mass is 9.86. The van der Waals surface area contributed by atoms with Crippen molar-refractivity contribution in [1.82, 2.24) is 0 Å². The van der Waals surface area contributed by atoms with E-state index in [1.807, 2.05) is 0 Å². The van der Waals surface area contributed by atoms with Crippen LogP contribution in [0, 0.1) is 5.92 Å². The molecule has 5 heteroatoms. The maximum absolute atomic E-state index is 10.7. The van der Waals surface area contributed by atoms with Crippen LogP contribution >= 0.6 is 0 Å². The Balaban J connectivity index is 2.42. The highest BCUT2D eigenvalue weighted by atomic mass is 32.2. The molecule has 4 nitrogen and oxygen atoms in total. The first-order valence-corrected chi connectivity index (χ1v) is 6.39. The van der Waals surface area contributed by atoms with Crippen LogP contribution in [-0.4, -0.2) is 25.4 Å². The van der Waals surface area contributed by atoms with E-state index in [4.69, 9.17) is 5.14 Å². The standard InChI is InChI=1S/C8H17NO3S/c9-13(11,12)6-8(10)7-4-2-1-3-5-7/h7-8,10H,1-6H2,(H2,9,11,12). The number of nitrogens with two attached hydrogens (primary N) is 1. The molecule has 1 atom stereocenters. The molecule has 0 aromatic carbocycles. The molecule has 0 bridgehead atoms. The summed E-state index contributed by atoms with van der Waals surface area (Å²) in [7, 11) is -3.52. The lowest BCUT2D eigenvalue weighted by molar-refractivity contribution is 0.103. The number of sulfonamides is 1. The predicted octanol–water partition coefficient (Wildman–Crippen LogP) is 0.216. The Labute approximate surface area is 79.2 Å². The Morgan fingerprint density at radius 2 is 1.85 bits per heavy atom. The third kappa shape index (κ3) is 4.06. The van der Waals surface area contributed by atoms with Gasteiger partial charge in [-0.25, -0.2) is 13.6 Å². The molecule has 1 rings (SSSR count). The summed E-state index contributed by atoms with van der Waals surface area (Å²) in [6.45, 7) is 0. The number of aliphatic hydroxyl groups is 1. The quantitative estimate of drug-likeness (QED) is 0.694. The Hall–Kier alpha value is -0.130. The van der Waals surface area contributed by atoms with Gasteiger partial charge in [0.2, 0.25) is 10.0 Å². The Kier molecular flexibility index (Phi) is 3.70. The summed E-state index contributed by atoms with van der Waals surface area (Å²) < 4.78 is 21.4. The highest BCUT2D eigenvalue weighted by Crippen LogP contribution is 2.26. The van der Waals surface area contributed by atoms with E-state index in [0.717, 1.165) is 25.7 Å². The molecule has 0 radical (unpaired) electrons. The van der Waals surface area contributed by atoms with Gasteiger partial charge in [0.15, 0.2) is 0 Å². The van der Waals surface area contributed by atoms with Crippen LogP contribution in [0.2, 0.25) is 0 Å². The second-order valence-electron chi connectivity index (χ2n) is 3.79. The monoisotopic (exact) mass is 207 g/mol. The van der Waals surface area contributed by atoms with Crippen molar-refractivity contribution in [2.24, 2.45) is 11.1 Å². The molecule has 0 spiro atoms. The third-order valence-electron chi connectivity index (χ3n) is 2.60. The highest BCUT2D eigenvalue weighted by Gasteiger charge is 2.24. The number of rotatable bonds is 3. The van der Waals surface area contributed by atoms with E-state index >= 15 is 0 Å². The largest absolute Gasteiger partial charge is 0.392 e. The normalized spacial score (nSPS) is 22.9. The van der Waals surface area contributed by atoms with Crippen molar-refractivity contribution in [3.05, 3.63) is 0 Å². The fourth-order valence-electron chi connectivity index (χ4n) is 1.89. The number of aliphatic hydroxyl groups excluding tert-OH is 1. The number of hydrogen-bond acceptors (Lipinski definition) is 3. The van der Waals surface area contributed by atoms with Gasteiger partial charge in [0.05, 0.1) is 11.9 Å². The van der Waals surface area contributed by atoms with E-state index in [0.29, 0.717) is 0 Å². The average Bonchev–Trinajstić information content (AvgIpc) is 2.03. The number of primary sulfonamides is 1. The maximum atomic E-state index is 10.7. The summed E-state index contributed by atoms with van der Waals surface area (Å²) >= 11 is 0. The zero-order chi connectivity index (χ0) is 9.90. The SMILES string of the molecule is NS(=O)(=O)CC(O)C1CCCCC1. The number of hydrogen-bond donors (Lipinski definition) is 2. The van der Waals surface area contributed by atoms with E-state index in [9.17, 15) is 13.5 Å². The molecule has 3 N–H and O–H groups in total. The third-order valence-corrected chi connectivity index (χ3v) is 3.40. The van der Waals surface area contributed by atoms with E-state index in [-0.39, 0.29) is 11.7 Å². The van der Waals surface area contributed by atoms with E-state index in [1.165, 1.54) is 6.42 Å². The van der Waals surface area contributed by atoms with Gasteiger partial charge in [0, 0.05) is 0 Å². The fourth-order valence-corrected chi connectivity index (χ4v) is 2.64. The zero-order valence-corrected chi connectivity index (χ0v) is 8.46. The maximum Gasteiger partial charge on any atom is 0.211 e. The Morgan fingerprint density at radius 1 is 1.31 bits per heavy atom. The van der Waals surface area contributed by atoms with Crippen LogP contribution in [0.3, 0.4) is 0 Å². The first kappa shape index (κ1) is 10.9. The summed E-state index contributed by atoms with van der Waals surface area (Å²) in [5.41, 5.74) is 0. The van der Waals surface area contributed by atoms with Gasteiger partial charge in [0.1, 0.15) is 0 Å². The fraction of sp³-hybridized carbons (Fsp3) is 1.00. The van der Waals surface area contributed by atoms with Crippen molar-refractivity contribution in [2.75, 3.05) is 5.75 Å². The van der Waals surface area contributed by atoms with E-state index in [2.05, 4.69) is 0 Å². The topological polar surface area (TPSA) is 80.4 Å². The molecule has 1 aliphatic carbocycles. The van der Waals surface area contributed by atoms with Crippen LogP contribution in [0.25, 0.3) is 0 Å². The minimum absolute atomic E-state index is 0.132. The first-order chi connectivity index (χ1) is 5.99. The van der Waals surface area contributed by atoms with Crippen LogP contribution in [-0.2, 0) is 10.0 Å². The molecule has 1 fully saturated rings. The van der Waals surface area contributed by atoms with Crippen molar-refractivity contribution in [3.63, 3.8) is 0 Å². The zero-order valence-electron chi connectivity index (χ0n) is 7.65. The summed E-state index contributed by atoms with van der Waals surface area (Å²) in [6.07, 6.45) is 4.46. The van der Waals surface area contributed by atoms with Gasteiger partial charge in [-0.1, -0.05) is 19.3 Å². The van der Waals surface area contributed by atoms with Gasteiger partial charge < -0.3 is 5.11 Å². The molecule has 0 heterocycles. The second-order valence-corrected chi connectivity index (χ2v) is 5.45. The summed E-state index contributed by atoms with van der Waals surface area (Å²) in [6, 6.07) is 0. The van der Waals surface area contributed by atoms with Crippen molar-refractivity contribution < 1.29 is 13.5 Å². The Morgan fingerprint density at radius 3 is 2.31 bits per heavy atom. The molecular formula is C8H17NO3S. The molecule has 1 saturated carbocycles. The lowest BCUT2D eigenvalue weighted by Crippen LogP contribution is -2.33. The molecule has 0 amide bonds. The van der Waals surface area contributed by atoms with E-state index < -0.39 is 16.1 Å². The molecule has 0 saturated heterocycles. The highest BCUT2D eigenvalue weighted by molar-refractivity contribution is 7.89. The van der Waals surface area contributed by atoms with Crippen LogP contribution in [0.4, 0.5) is 0 Å². The van der Waals surface area contributed by atoms with Crippen molar-refractivity contribution in [2.45, 2.75) is 38.2 Å². The average molecular weight is 207 g/mol. The van der Waals surface area contributed by atoms with Gasteiger partial charge in [-0.3, -0.25) is 0 Å². The van der Waals surface area contributed by atoms with Crippen LogP contribution in [0.5, 0.6) is 0 Å². The molecule has 0 aromatic heterocycles. The van der Waals surface area contributed by atoms with E-state index in [1.54, 1.807) is 0 Å². The summed E-state index contributed by atoms with van der Waals surface area (Å²) in [5.74, 6) is -0.162. The minimum Gasteiger partial charge on any atom is -0.392 e. The summed E-state index contributed by atoms with van der Waals surface area (Å²) in [5, 5.41) is 14.4. The second kappa shape index (κ2) is 4.39. The Bertz CT molecular complexity index is 244. The van der Waals surface area contributed by atoms with Gasteiger partial charge in [-0.05, 0) is 18.8 Å².